The summed E-state index contributed by atoms with van der Waals surface area (Å²) < 4.78 is 16.4. The lowest BCUT2D eigenvalue weighted by Gasteiger charge is -2.05. The molecular weight excluding hydrogens is 246 g/mol. The van der Waals surface area contributed by atoms with Gasteiger partial charge in [0.2, 0.25) is 5.89 Å². The number of aryl methyl sites for hydroxylation is 1. The van der Waals surface area contributed by atoms with E-state index in [4.69, 9.17) is 19.6 Å². The van der Waals surface area contributed by atoms with Crippen molar-refractivity contribution >= 4 is 0 Å². The van der Waals surface area contributed by atoms with Gasteiger partial charge in [-0.3, -0.25) is 0 Å². The SMILES string of the molecule is CCc1nnc(COc2ccc3c(c2)OCC3N)o1. The molecule has 19 heavy (non-hydrogen) atoms. The lowest BCUT2D eigenvalue weighted by molar-refractivity contribution is 0.257. The van der Waals surface area contributed by atoms with Crippen LogP contribution >= 0.6 is 0 Å². The lowest BCUT2D eigenvalue weighted by atomic mass is 10.1. The van der Waals surface area contributed by atoms with Crippen molar-refractivity contribution in [1.82, 2.24) is 10.2 Å². The standard InChI is InChI=1S/C13H15N3O3/c1-2-12-15-16-13(19-12)7-17-8-3-4-9-10(14)6-18-11(9)5-8/h3-5,10H,2,6-7,14H2,1H3. The maximum absolute atomic E-state index is 5.88. The van der Waals surface area contributed by atoms with Crippen LogP contribution in [0.1, 0.15) is 30.3 Å². The zero-order valence-electron chi connectivity index (χ0n) is 10.6. The number of hydrogen-bond donors (Lipinski definition) is 1. The summed E-state index contributed by atoms with van der Waals surface area (Å²) in [7, 11) is 0. The van der Waals surface area contributed by atoms with Gasteiger partial charge in [0.05, 0.1) is 6.04 Å². The van der Waals surface area contributed by atoms with Crippen molar-refractivity contribution in [2.24, 2.45) is 5.73 Å². The van der Waals surface area contributed by atoms with Crippen LogP contribution in [0.2, 0.25) is 0 Å². The summed E-state index contributed by atoms with van der Waals surface area (Å²) >= 11 is 0. The Bertz CT molecular complexity index is 582. The van der Waals surface area contributed by atoms with Gasteiger partial charge in [-0.25, -0.2) is 0 Å². The van der Waals surface area contributed by atoms with Crippen LogP contribution in [0.25, 0.3) is 0 Å². The van der Waals surface area contributed by atoms with Crippen LogP contribution in [0.5, 0.6) is 11.5 Å². The minimum atomic E-state index is -0.0490. The van der Waals surface area contributed by atoms with Crippen LogP contribution in [0.4, 0.5) is 0 Å². The van der Waals surface area contributed by atoms with Crippen molar-refractivity contribution in [3.63, 3.8) is 0 Å². The summed E-state index contributed by atoms with van der Waals surface area (Å²) in [4.78, 5) is 0. The van der Waals surface area contributed by atoms with E-state index in [0.29, 0.717) is 24.1 Å². The third-order valence-corrected chi connectivity index (χ3v) is 2.98. The quantitative estimate of drug-likeness (QED) is 0.900. The van der Waals surface area contributed by atoms with E-state index < -0.39 is 0 Å². The molecule has 3 rings (SSSR count). The number of ether oxygens (including phenoxy) is 2. The van der Waals surface area contributed by atoms with E-state index in [0.717, 1.165) is 17.7 Å². The number of fused-ring (bicyclic) bond motifs is 1. The highest BCUT2D eigenvalue weighted by Crippen LogP contribution is 2.34. The lowest BCUT2D eigenvalue weighted by Crippen LogP contribution is -2.10. The summed E-state index contributed by atoms with van der Waals surface area (Å²) in [6.07, 6.45) is 0.720. The van der Waals surface area contributed by atoms with E-state index in [9.17, 15) is 0 Å². The van der Waals surface area contributed by atoms with E-state index in [1.807, 2.05) is 25.1 Å². The van der Waals surface area contributed by atoms with Crippen LogP contribution in [-0.2, 0) is 13.0 Å². The second-order valence-corrected chi connectivity index (χ2v) is 4.35. The Balaban J connectivity index is 1.67. The molecule has 2 heterocycles. The minimum Gasteiger partial charge on any atom is -0.491 e. The van der Waals surface area contributed by atoms with Crippen molar-refractivity contribution in [2.75, 3.05) is 6.61 Å². The molecule has 1 unspecified atom stereocenters. The smallest absolute Gasteiger partial charge is 0.253 e. The van der Waals surface area contributed by atoms with Crippen molar-refractivity contribution in [2.45, 2.75) is 26.0 Å². The Morgan fingerprint density at radius 2 is 2.21 bits per heavy atom. The maximum atomic E-state index is 5.88. The van der Waals surface area contributed by atoms with Gasteiger partial charge in [-0.05, 0) is 12.1 Å². The Morgan fingerprint density at radius 3 is 3.00 bits per heavy atom. The molecule has 0 bridgehead atoms. The molecule has 2 aromatic rings. The van der Waals surface area contributed by atoms with Gasteiger partial charge in [-0.15, -0.1) is 10.2 Å². The van der Waals surface area contributed by atoms with Gasteiger partial charge < -0.3 is 19.6 Å². The van der Waals surface area contributed by atoms with E-state index in [1.54, 1.807) is 0 Å². The highest BCUT2D eigenvalue weighted by atomic mass is 16.5. The van der Waals surface area contributed by atoms with Gasteiger partial charge in [0, 0.05) is 18.1 Å². The van der Waals surface area contributed by atoms with Crippen LogP contribution in [0.15, 0.2) is 22.6 Å². The Labute approximate surface area is 110 Å². The normalized spacial score (nSPS) is 17.1. The van der Waals surface area contributed by atoms with Crippen LogP contribution in [0.3, 0.4) is 0 Å². The van der Waals surface area contributed by atoms with Crippen molar-refractivity contribution in [3.8, 4) is 11.5 Å². The molecule has 100 valence electrons. The van der Waals surface area contributed by atoms with E-state index in [-0.39, 0.29) is 12.6 Å². The fourth-order valence-corrected chi connectivity index (χ4v) is 1.94. The van der Waals surface area contributed by atoms with Crippen LogP contribution in [0, 0.1) is 0 Å². The molecule has 1 aromatic carbocycles. The van der Waals surface area contributed by atoms with Crippen molar-refractivity contribution in [3.05, 3.63) is 35.5 Å². The third kappa shape index (κ3) is 2.39. The molecule has 1 aromatic heterocycles. The second kappa shape index (κ2) is 4.89. The molecule has 6 heteroatoms. The molecule has 0 saturated heterocycles. The van der Waals surface area contributed by atoms with Gasteiger partial charge in [-0.2, -0.15) is 0 Å². The molecule has 1 aliphatic heterocycles. The van der Waals surface area contributed by atoms with Crippen molar-refractivity contribution < 1.29 is 13.9 Å². The molecule has 0 radical (unpaired) electrons. The molecule has 2 N–H and O–H groups in total. The largest absolute Gasteiger partial charge is 0.491 e. The summed E-state index contributed by atoms with van der Waals surface area (Å²) in [5.74, 6) is 2.56. The molecule has 0 aliphatic carbocycles. The van der Waals surface area contributed by atoms with Gasteiger partial charge in [0.1, 0.15) is 18.1 Å². The van der Waals surface area contributed by atoms with Gasteiger partial charge in [0.25, 0.3) is 5.89 Å². The average molecular weight is 261 g/mol. The number of hydrogen-bond acceptors (Lipinski definition) is 6. The minimum absolute atomic E-state index is 0.0490. The summed E-state index contributed by atoms with van der Waals surface area (Å²) in [5.41, 5.74) is 6.89. The third-order valence-electron chi connectivity index (χ3n) is 2.98. The van der Waals surface area contributed by atoms with E-state index in [2.05, 4.69) is 10.2 Å². The Kier molecular flexibility index (Phi) is 3.08. The number of nitrogens with zero attached hydrogens (tertiary/aromatic N) is 2. The van der Waals surface area contributed by atoms with Gasteiger partial charge in [0.15, 0.2) is 6.61 Å². The Morgan fingerprint density at radius 1 is 1.37 bits per heavy atom. The molecule has 1 atom stereocenters. The highest BCUT2D eigenvalue weighted by molar-refractivity contribution is 5.44. The fraction of sp³-hybridized carbons (Fsp3) is 0.385. The first kappa shape index (κ1) is 12.0. The maximum Gasteiger partial charge on any atom is 0.253 e. The van der Waals surface area contributed by atoms with Gasteiger partial charge >= 0.3 is 0 Å². The summed E-state index contributed by atoms with van der Waals surface area (Å²) in [6.45, 7) is 2.72. The summed E-state index contributed by atoms with van der Waals surface area (Å²) in [5, 5.41) is 7.77. The first-order valence-corrected chi connectivity index (χ1v) is 6.22. The average Bonchev–Trinajstić information content (AvgIpc) is 3.03. The molecule has 0 amide bonds. The predicted molar refractivity (Wildman–Crippen MR) is 66.9 cm³/mol. The molecule has 0 saturated carbocycles. The monoisotopic (exact) mass is 261 g/mol. The zero-order valence-corrected chi connectivity index (χ0v) is 10.6. The Hall–Kier alpha value is -2.08. The molecule has 6 nitrogen and oxygen atoms in total. The van der Waals surface area contributed by atoms with E-state index in [1.165, 1.54) is 0 Å². The van der Waals surface area contributed by atoms with E-state index >= 15 is 0 Å². The fourth-order valence-electron chi connectivity index (χ4n) is 1.94. The number of benzene rings is 1. The molecule has 0 fully saturated rings. The van der Waals surface area contributed by atoms with Crippen LogP contribution in [-0.4, -0.2) is 16.8 Å². The first-order valence-electron chi connectivity index (χ1n) is 6.22. The number of nitrogens with two attached hydrogens (primary N) is 1. The summed E-state index contributed by atoms with van der Waals surface area (Å²) in [6, 6.07) is 5.57. The molecule has 1 aliphatic rings. The first-order chi connectivity index (χ1) is 9.26. The zero-order chi connectivity index (χ0) is 13.2. The highest BCUT2D eigenvalue weighted by Gasteiger charge is 2.20. The van der Waals surface area contributed by atoms with Crippen molar-refractivity contribution in [1.29, 1.82) is 0 Å². The predicted octanol–water partition coefficient (Wildman–Crippen LogP) is 1.60. The van der Waals surface area contributed by atoms with Gasteiger partial charge in [-0.1, -0.05) is 6.92 Å². The topological polar surface area (TPSA) is 83.4 Å². The number of rotatable bonds is 4. The number of aromatic nitrogens is 2. The van der Waals surface area contributed by atoms with Crippen LogP contribution < -0.4 is 15.2 Å². The molecular formula is C13H15N3O3. The molecule has 0 spiro atoms. The second-order valence-electron chi connectivity index (χ2n) is 4.35.